The summed E-state index contributed by atoms with van der Waals surface area (Å²) in [5.41, 5.74) is 12.5. The zero-order chi connectivity index (χ0) is 72.2. The highest BCUT2D eigenvalue weighted by Crippen LogP contribution is 2.66. The molecule has 1 aliphatic carbocycles. The molecule has 8 unspecified atom stereocenters. The Morgan fingerprint density at radius 3 is 2.23 bits per heavy atom. The van der Waals surface area contributed by atoms with Gasteiger partial charge in [0.1, 0.15) is 47.8 Å². The van der Waals surface area contributed by atoms with Gasteiger partial charge in [0.25, 0.3) is 0 Å². The molecule has 536 valence electrons. The smallest absolute Gasteiger partial charge is 0.481 e. The van der Waals surface area contributed by atoms with Crippen molar-refractivity contribution in [1.29, 1.82) is 0 Å². The number of aromatic nitrogens is 2. The Balaban J connectivity index is 1.03. The number of amides is 4. The zero-order valence-corrected chi connectivity index (χ0v) is 58.3. The highest BCUT2D eigenvalue weighted by Gasteiger charge is 2.44. The topological polar surface area (TPSA) is 503 Å². The van der Waals surface area contributed by atoms with Crippen LogP contribution in [-0.2, 0) is 78.1 Å². The number of hydrogen-bond acceptors (Lipinski definition) is 23. The number of anilines is 1. The van der Waals surface area contributed by atoms with Crippen LogP contribution in [0, 0.1) is 24.7 Å². The van der Waals surface area contributed by atoms with E-state index in [1.165, 1.54) is 32.7 Å². The van der Waals surface area contributed by atoms with Crippen LogP contribution in [0.4, 0.5) is 5.82 Å². The Hall–Kier alpha value is -7.09. The van der Waals surface area contributed by atoms with E-state index in [1.807, 2.05) is 37.5 Å². The van der Waals surface area contributed by atoms with Crippen LogP contribution in [0.15, 0.2) is 75.9 Å². The minimum absolute atomic E-state index is 0.0137. The van der Waals surface area contributed by atoms with Gasteiger partial charge in [-0.2, -0.15) is 13.6 Å². The number of carbonyl (C=O) groups excluding carboxylic acids is 4. The number of phosphoric acid groups is 3. The lowest BCUT2D eigenvalue weighted by atomic mass is 9.73. The fourth-order valence-electron chi connectivity index (χ4n) is 10.7. The van der Waals surface area contributed by atoms with E-state index >= 15 is 0 Å². The summed E-state index contributed by atoms with van der Waals surface area (Å²) in [4.78, 5) is 149. The first-order chi connectivity index (χ1) is 46.2. The number of aryl methyl sites for hydroxylation is 2. The van der Waals surface area contributed by atoms with Crippen LogP contribution in [0.2, 0.25) is 0 Å². The molecule has 98 heavy (non-hydrogen) atoms. The second-order valence-electron chi connectivity index (χ2n) is 22.9. The van der Waals surface area contributed by atoms with Crippen LogP contribution in [0.1, 0.15) is 124 Å². The number of aliphatic imine (C=N–C) groups is 1. The fourth-order valence-corrected chi connectivity index (χ4v) is 15.9. The number of nitrogen functional groups attached to an aromatic ring is 1. The van der Waals surface area contributed by atoms with Gasteiger partial charge >= 0.3 is 47.1 Å². The number of ether oxygens (including phenoxy) is 2. The number of phosphoric ester groups is 1. The summed E-state index contributed by atoms with van der Waals surface area (Å²) in [6.07, 6.45) is 1.20. The van der Waals surface area contributed by atoms with Crippen LogP contribution in [0.25, 0.3) is 0 Å². The third-order valence-corrected chi connectivity index (χ3v) is 21.5. The summed E-state index contributed by atoms with van der Waals surface area (Å²) < 4.78 is 59.7. The lowest BCUT2D eigenvalue weighted by Crippen LogP contribution is -2.56. The first-order valence-corrected chi connectivity index (χ1v) is 37.8. The lowest BCUT2D eigenvalue weighted by Gasteiger charge is -2.38. The lowest BCUT2D eigenvalue weighted by molar-refractivity contribution is -0.148. The van der Waals surface area contributed by atoms with Crippen LogP contribution >= 0.6 is 45.1 Å². The average Bonchev–Trinajstić information content (AvgIpc) is 0.866. The molecule has 2 aliphatic heterocycles. The maximum atomic E-state index is 14.0. The molecule has 1 fully saturated rings. The monoisotopic (exact) mass is 1470 g/mol. The Bertz CT molecular complexity index is 3820. The predicted octanol–water partition coefficient (Wildman–Crippen LogP) is 3.94. The van der Waals surface area contributed by atoms with E-state index < -0.39 is 127 Å². The molecule has 0 radical (unpaired) electrons. The van der Waals surface area contributed by atoms with E-state index in [1.54, 1.807) is 0 Å². The van der Waals surface area contributed by atoms with Gasteiger partial charge < -0.3 is 81.4 Å². The number of aliphatic hydroxyl groups is 1. The number of hydrogen-bond donors (Lipinski definition) is 13. The normalized spacial score (nSPS) is 19.9. The van der Waals surface area contributed by atoms with Gasteiger partial charge in [-0.05, 0) is 93.9 Å². The van der Waals surface area contributed by atoms with Crippen molar-refractivity contribution in [1.82, 2.24) is 35.7 Å². The van der Waals surface area contributed by atoms with Crippen LogP contribution in [0.3, 0.4) is 0 Å². The third kappa shape index (κ3) is 24.7. The number of benzene rings is 2. The van der Waals surface area contributed by atoms with E-state index in [9.17, 15) is 82.3 Å². The molecule has 3 heterocycles. The Labute approximate surface area is 571 Å². The van der Waals surface area contributed by atoms with Crippen LogP contribution in [-0.4, -0.2) is 177 Å². The molecule has 10 atom stereocenters. The fraction of sp³-hybridized carbons (Fsp3) is 0.500. The minimum Gasteiger partial charge on any atom is -0.481 e. The Morgan fingerprint density at radius 1 is 0.867 bits per heavy atom. The van der Waals surface area contributed by atoms with E-state index in [0.29, 0.717) is 37.6 Å². The standard InChI is InChI=1S/C60H80N9O24P3S2/c1-6-13-36-26-47-40(24-34(36)3)55(41-25-35(4)43(62-7-2)27-48(41)90-47)39-16-9-8-14-37(39)31-68(5)21-11-18-51(72)64-42(57(77)65-44(28-53(73)74)58(78)66-45(59(79)80)29-54(75)76)17-12-22-97-98-23-19-50(71)63-20-10-15-38-32-69(60(81)67-56(38)61)52-30-46(70)49(91-52)33-89-95(85,86)93-96(87,88)92-94(82,83)84/h8-9,14,16,24-27,32,41-42,44-46,49,52,55,70H,6-7,11-13,17-23,28-31,33H2,1-5H3,(H,63,71)(H,64,72)(H,65,77)(H,66,78)(H,73,74)(H,75,76)(H,79,80)(H,85,86)(H,87,88)(H2,61,67,81)(H2,82,83,84)/b62-43+/t41?,42?,44?,45?,46?,49-,52-,55?/m1/s1. The zero-order valence-electron chi connectivity index (χ0n) is 54.0. The molecule has 1 saturated heterocycles. The number of aliphatic carboxylic acids is 3. The van der Waals surface area contributed by atoms with E-state index in [4.69, 9.17) is 30.0 Å². The molecule has 2 aromatic carbocycles. The van der Waals surface area contributed by atoms with Crippen LogP contribution in [0.5, 0.6) is 5.75 Å². The van der Waals surface area contributed by atoms with E-state index in [-0.39, 0.29) is 61.9 Å². The summed E-state index contributed by atoms with van der Waals surface area (Å²) >= 11 is 0. The Morgan fingerprint density at radius 2 is 1.55 bits per heavy atom. The number of aliphatic hydroxyl groups excluding tert-OH is 1. The highest BCUT2D eigenvalue weighted by atomic mass is 33.1. The first-order valence-electron chi connectivity index (χ1n) is 30.8. The summed E-state index contributed by atoms with van der Waals surface area (Å²) in [6.45, 7) is 8.70. The summed E-state index contributed by atoms with van der Waals surface area (Å²) in [5, 5.41) is 48.5. The predicted molar refractivity (Wildman–Crippen MR) is 357 cm³/mol. The van der Waals surface area contributed by atoms with Gasteiger partial charge in [0, 0.05) is 73.5 Å². The molecule has 0 spiro atoms. The van der Waals surface area contributed by atoms with Crippen molar-refractivity contribution in [3.63, 3.8) is 0 Å². The van der Waals surface area contributed by atoms with Crippen molar-refractivity contribution in [2.24, 2.45) is 10.9 Å². The molecule has 0 saturated carbocycles. The number of nitrogens with one attached hydrogen (secondary N) is 4. The molecule has 6 rings (SSSR count). The van der Waals surface area contributed by atoms with Gasteiger partial charge in [-0.15, -0.1) is 0 Å². The molecule has 4 amide bonds. The number of allylic oxidation sites excluding steroid dienone is 3. The van der Waals surface area contributed by atoms with Crippen molar-refractivity contribution in [2.45, 2.75) is 141 Å². The van der Waals surface area contributed by atoms with Gasteiger partial charge in [0.05, 0.1) is 43.4 Å². The molecule has 3 aliphatic rings. The van der Waals surface area contributed by atoms with Crippen LogP contribution < -0.4 is 37.4 Å². The number of nitrogens with zero attached hydrogens (tertiary/aromatic N) is 4. The van der Waals surface area contributed by atoms with Crippen molar-refractivity contribution < 1.29 is 110 Å². The van der Waals surface area contributed by atoms with E-state index in [0.717, 1.165) is 63.1 Å². The highest BCUT2D eigenvalue weighted by molar-refractivity contribution is 8.76. The minimum atomic E-state index is -5.83. The molecule has 0 bridgehead atoms. The van der Waals surface area contributed by atoms with Gasteiger partial charge in [-0.1, -0.05) is 83.2 Å². The SMILES string of the molecule is CCCc1cc2c(cc1C)C(c1ccccc1CN(C)CCCC(=O)NC(CCCSSCCC(=O)NCC#Cc1cn([C@H]3CC(O)[C@@H](COP(=O)(O)OP(=O)(O)OP(=O)(O)O)O3)c(=O)nc1N)C(=O)NC(CC(=O)O)C(=O)NC(CC(=O)O)C(=O)O)C1C=C(C)/C(=N/CC)C=C1O2. The summed E-state index contributed by atoms with van der Waals surface area (Å²) in [5.74, 6) is -0.945. The largest absolute Gasteiger partial charge is 0.490 e. The molecular weight excluding hydrogens is 1390 g/mol. The number of rotatable bonds is 37. The molecule has 38 heteroatoms. The number of nitrogens with two attached hydrogens (primary N) is 1. The van der Waals surface area contributed by atoms with Crippen molar-refractivity contribution >= 4 is 98.1 Å². The summed E-state index contributed by atoms with van der Waals surface area (Å²) in [6, 6.07) is 7.47. The van der Waals surface area contributed by atoms with Crippen molar-refractivity contribution in [3.05, 3.63) is 110 Å². The summed E-state index contributed by atoms with van der Waals surface area (Å²) in [7, 11) is -12.5. The first kappa shape index (κ1) is 79.9. The average molecular weight is 1470 g/mol. The molecule has 1 aromatic heterocycles. The van der Waals surface area contributed by atoms with Crippen molar-refractivity contribution in [3.8, 4) is 17.6 Å². The number of fused-ring (bicyclic) bond motifs is 2. The number of carboxylic acid groups (broad SMARTS) is 3. The van der Waals surface area contributed by atoms with Gasteiger partial charge in [0.15, 0.2) is 0 Å². The van der Waals surface area contributed by atoms with Gasteiger partial charge in [-0.25, -0.2) is 23.3 Å². The third-order valence-electron chi connectivity index (χ3n) is 15.2. The molecule has 33 nitrogen and oxygen atoms in total. The maximum absolute atomic E-state index is 14.0. The Kier molecular flexibility index (Phi) is 30.0. The molecule has 3 aromatic rings. The van der Waals surface area contributed by atoms with Gasteiger partial charge in [-0.3, -0.25) is 42.9 Å². The number of carboxylic acids is 3. The van der Waals surface area contributed by atoms with Crippen molar-refractivity contribution in [2.75, 3.05) is 50.5 Å². The maximum Gasteiger partial charge on any atom is 0.490 e. The second-order valence-corrected chi connectivity index (χ2v) is 30.0. The molecular formula is C60H80N9O24P3S2. The van der Waals surface area contributed by atoms with E-state index in [2.05, 4.69) is 102 Å². The quantitative estimate of drug-likeness (QED) is 0.0168. The van der Waals surface area contributed by atoms with Gasteiger partial charge in [0.2, 0.25) is 23.6 Å². The second kappa shape index (κ2) is 36.8. The molecule has 14 N–H and O–H groups in total. The number of carbonyl (C=O) groups is 7.